The second kappa shape index (κ2) is 6.85. The Kier molecular flexibility index (Phi) is 5.14. The summed E-state index contributed by atoms with van der Waals surface area (Å²) in [7, 11) is 0. The minimum absolute atomic E-state index is 0.386. The molecule has 6 heteroatoms. The van der Waals surface area contributed by atoms with Gasteiger partial charge in [-0.3, -0.25) is 0 Å². The maximum atomic E-state index is 5.56. The molecule has 1 aromatic carbocycles. The first-order valence-corrected chi connectivity index (χ1v) is 7.49. The van der Waals surface area contributed by atoms with Crippen molar-refractivity contribution in [3.63, 3.8) is 0 Å². The van der Waals surface area contributed by atoms with E-state index in [0.29, 0.717) is 24.5 Å². The van der Waals surface area contributed by atoms with Crippen LogP contribution in [0.4, 0.5) is 11.7 Å². The highest BCUT2D eigenvalue weighted by Crippen LogP contribution is 2.24. The van der Waals surface area contributed by atoms with Crippen LogP contribution < -0.4 is 10.6 Å². The molecule has 2 aromatic rings. The highest BCUT2D eigenvalue weighted by molar-refractivity contribution is 9.10. The van der Waals surface area contributed by atoms with E-state index in [2.05, 4.69) is 63.6 Å². The van der Waals surface area contributed by atoms with Crippen LogP contribution in [0.5, 0.6) is 0 Å². The van der Waals surface area contributed by atoms with E-state index in [1.165, 1.54) is 5.56 Å². The van der Waals surface area contributed by atoms with E-state index in [0.717, 1.165) is 16.6 Å². The molecule has 108 valence electrons. The number of hydrogen-bond donors (Lipinski definition) is 2. The molecule has 0 aliphatic carbocycles. The van der Waals surface area contributed by atoms with E-state index in [1.807, 2.05) is 12.1 Å². The number of aromatic nitrogens is 2. The van der Waals surface area contributed by atoms with Crippen molar-refractivity contribution in [3.05, 3.63) is 34.1 Å². The molecule has 0 unspecified atom stereocenters. The normalized spacial score (nSPS) is 11.1. The van der Waals surface area contributed by atoms with Crippen LogP contribution in [0.1, 0.15) is 32.2 Å². The number of halogens is 1. The van der Waals surface area contributed by atoms with E-state index in [9.17, 15) is 0 Å². The van der Waals surface area contributed by atoms with E-state index in [1.54, 1.807) is 0 Å². The van der Waals surface area contributed by atoms with Gasteiger partial charge in [-0.1, -0.05) is 41.8 Å². The lowest BCUT2D eigenvalue weighted by Crippen LogP contribution is -2.21. The van der Waals surface area contributed by atoms with Crippen LogP contribution in [0.2, 0.25) is 0 Å². The van der Waals surface area contributed by atoms with Gasteiger partial charge >= 0.3 is 6.01 Å². The fourth-order valence-electron chi connectivity index (χ4n) is 1.76. The SMILES string of the molecule is CCc1cc(Br)ccc1Nc1nnc(CNC(C)C)o1. The molecule has 20 heavy (non-hydrogen) atoms. The van der Waals surface area contributed by atoms with E-state index in [4.69, 9.17) is 4.42 Å². The summed E-state index contributed by atoms with van der Waals surface area (Å²) in [5, 5.41) is 14.4. The third-order valence-corrected chi connectivity index (χ3v) is 3.31. The Hall–Kier alpha value is -1.40. The van der Waals surface area contributed by atoms with Gasteiger partial charge in [0.25, 0.3) is 0 Å². The molecule has 0 saturated heterocycles. The first-order valence-electron chi connectivity index (χ1n) is 6.69. The predicted molar refractivity (Wildman–Crippen MR) is 83.1 cm³/mol. The Morgan fingerprint density at radius 1 is 1.30 bits per heavy atom. The standard InChI is InChI=1S/C14H19BrN4O/c1-4-10-7-11(15)5-6-12(10)17-14-19-18-13(20-14)8-16-9(2)3/h5-7,9,16H,4,8H2,1-3H3,(H,17,19). The molecule has 0 fully saturated rings. The first-order chi connectivity index (χ1) is 9.58. The van der Waals surface area contributed by atoms with Crippen molar-refractivity contribution >= 4 is 27.6 Å². The van der Waals surface area contributed by atoms with Gasteiger partial charge in [-0.05, 0) is 30.2 Å². The molecule has 5 nitrogen and oxygen atoms in total. The lowest BCUT2D eigenvalue weighted by atomic mass is 10.1. The monoisotopic (exact) mass is 338 g/mol. The number of rotatable bonds is 6. The van der Waals surface area contributed by atoms with E-state index >= 15 is 0 Å². The van der Waals surface area contributed by atoms with Crippen molar-refractivity contribution in [1.29, 1.82) is 0 Å². The van der Waals surface area contributed by atoms with Crippen molar-refractivity contribution < 1.29 is 4.42 Å². The second-order valence-corrected chi connectivity index (χ2v) is 5.73. The van der Waals surface area contributed by atoms with Gasteiger partial charge in [0, 0.05) is 16.2 Å². The highest BCUT2D eigenvalue weighted by Gasteiger charge is 2.09. The van der Waals surface area contributed by atoms with Crippen LogP contribution in [0.25, 0.3) is 0 Å². The number of aryl methyl sites for hydroxylation is 1. The van der Waals surface area contributed by atoms with Crippen molar-refractivity contribution in [1.82, 2.24) is 15.5 Å². The molecule has 0 aliphatic rings. The molecule has 0 aliphatic heterocycles. The molecular formula is C14H19BrN4O. The fraction of sp³-hybridized carbons (Fsp3) is 0.429. The zero-order chi connectivity index (χ0) is 14.5. The average molecular weight is 339 g/mol. The minimum Gasteiger partial charge on any atom is -0.406 e. The molecule has 0 saturated carbocycles. The summed E-state index contributed by atoms with van der Waals surface area (Å²) in [4.78, 5) is 0. The number of hydrogen-bond acceptors (Lipinski definition) is 5. The lowest BCUT2D eigenvalue weighted by molar-refractivity contribution is 0.460. The highest BCUT2D eigenvalue weighted by atomic mass is 79.9. The Morgan fingerprint density at radius 3 is 2.80 bits per heavy atom. The summed E-state index contributed by atoms with van der Waals surface area (Å²) >= 11 is 3.47. The summed E-state index contributed by atoms with van der Waals surface area (Å²) in [5.41, 5.74) is 2.18. The second-order valence-electron chi connectivity index (χ2n) is 4.82. The first kappa shape index (κ1) is 15.0. The largest absolute Gasteiger partial charge is 0.406 e. The van der Waals surface area contributed by atoms with Crippen molar-refractivity contribution in [2.75, 3.05) is 5.32 Å². The Labute approximate surface area is 127 Å². The molecule has 2 N–H and O–H groups in total. The predicted octanol–water partition coefficient (Wildman–Crippen LogP) is 3.64. The summed E-state index contributed by atoms with van der Waals surface area (Å²) < 4.78 is 6.62. The maximum absolute atomic E-state index is 5.56. The summed E-state index contributed by atoms with van der Waals surface area (Å²) in [6, 6.07) is 6.87. The summed E-state index contributed by atoms with van der Waals surface area (Å²) in [5.74, 6) is 0.580. The molecule has 0 spiro atoms. The summed E-state index contributed by atoms with van der Waals surface area (Å²) in [6.07, 6.45) is 0.928. The molecule has 0 radical (unpaired) electrons. The quantitative estimate of drug-likeness (QED) is 0.841. The number of nitrogens with zero attached hydrogens (tertiary/aromatic N) is 2. The van der Waals surface area contributed by atoms with Gasteiger partial charge in [0.05, 0.1) is 6.54 Å². The average Bonchev–Trinajstić information content (AvgIpc) is 2.86. The smallest absolute Gasteiger partial charge is 0.320 e. The summed E-state index contributed by atoms with van der Waals surface area (Å²) in [6.45, 7) is 6.84. The van der Waals surface area contributed by atoms with Crippen LogP contribution in [0, 0.1) is 0 Å². The number of anilines is 2. The van der Waals surface area contributed by atoms with Crippen molar-refractivity contribution in [3.8, 4) is 0 Å². The van der Waals surface area contributed by atoms with E-state index < -0.39 is 0 Å². The van der Waals surface area contributed by atoms with Gasteiger partial charge in [-0.2, -0.15) is 0 Å². The Bertz CT molecular complexity index is 568. The van der Waals surface area contributed by atoms with Gasteiger partial charge in [0.2, 0.25) is 5.89 Å². The van der Waals surface area contributed by atoms with Crippen LogP contribution >= 0.6 is 15.9 Å². The van der Waals surface area contributed by atoms with Gasteiger partial charge in [-0.15, -0.1) is 5.10 Å². The van der Waals surface area contributed by atoms with Crippen molar-refractivity contribution in [2.45, 2.75) is 39.8 Å². The molecule has 0 atom stereocenters. The van der Waals surface area contributed by atoms with Crippen LogP contribution in [0.3, 0.4) is 0 Å². The minimum atomic E-state index is 0.386. The topological polar surface area (TPSA) is 63.0 Å². The maximum Gasteiger partial charge on any atom is 0.320 e. The van der Waals surface area contributed by atoms with Crippen LogP contribution in [-0.2, 0) is 13.0 Å². The number of nitrogens with one attached hydrogen (secondary N) is 2. The molecule has 1 heterocycles. The lowest BCUT2D eigenvalue weighted by Gasteiger charge is -2.08. The molecule has 0 bridgehead atoms. The third kappa shape index (κ3) is 4.05. The Morgan fingerprint density at radius 2 is 2.10 bits per heavy atom. The third-order valence-electron chi connectivity index (χ3n) is 2.82. The molecule has 2 rings (SSSR count). The van der Waals surface area contributed by atoms with E-state index in [-0.39, 0.29) is 0 Å². The van der Waals surface area contributed by atoms with Gasteiger partial charge in [-0.25, -0.2) is 0 Å². The fourth-order valence-corrected chi connectivity index (χ4v) is 2.17. The Balaban J connectivity index is 2.06. The number of benzene rings is 1. The molecular weight excluding hydrogens is 320 g/mol. The van der Waals surface area contributed by atoms with Gasteiger partial charge in [0.1, 0.15) is 0 Å². The zero-order valence-electron chi connectivity index (χ0n) is 11.9. The van der Waals surface area contributed by atoms with Crippen LogP contribution in [-0.4, -0.2) is 16.2 Å². The van der Waals surface area contributed by atoms with Crippen LogP contribution in [0.15, 0.2) is 27.1 Å². The van der Waals surface area contributed by atoms with Crippen molar-refractivity contribution in [2.24, 2.45) is 0 Å². The zero-order valence-corrected chi connectivity index (χ0v) is 13.5. The van der Waals surface area contributed by atoms with Gasteiger partial charge < -0.3 is 15.1 Å². The molecule has 0 amide bonds. The molecule has 1 aromatic heterocycles. The van der Waals surface area contributed by atoms with Gasteiger partial charge in [0.15, 0.2) is 0 Å².